The molecule has 0 aliphatic heterocycles. The molecular weight excluding hydrogens is 334 g/mol. The number of esters is 1. The van der Waals surface area contributed by atoms with Crippen molar-refractivity contribution in [1.82, 2.24) is 0 Å². The first kappa shape index (κ1) is 21.8. The highest BCUT2D eigenvalue weighted by Crippen LogP contribution is 2.25. The number of ether oxygens (including phenoxy) is 2. The molecule has 0 spiro atoms. The molecule has 6 heteroatoms. The maximum Gasteiger partial charge on any atom is 0.411 e. The van der Waals surface area contributed by atoms with Gasteiger partial charge in [0.2, 0.25) is 0 Å². The van der Waals surface area contributed by atoms with Crippen LogP contribution in [0.15, 0.2) is 18.2 Å². The van der Waals surface area contributed by atoms with E-state index in [4.69, 9.17) is 9.47 Å². The van der Waals surface area contributed by atoms with Crippen molar-refractivity contribution in [2.75, 3.05) is 18.5 Å². The Balaban J connectivity index is 2.35. The minimum Gasteiger partial charge on any atom is -0.506 e. The lowest BCUT2D eigenvalue weighted by Crippen LogP contribution is -2.15. The number of carbonyl (C=O) groups is 2. The van der Waals surface area contributed by atoms with Gasteiger partial charge in [0, 0.05) is 0 Å². The van der Waals surface area contributed by atoms with Crippen molar-refractivity contribution >= 4 is 17.7 Å². The lowest BCUT2D eigenvalue weighted by Gasteiger charge is -2.10. The van der Waals surface area contributed by atoms with E-state index in [0.29, 0.717) is 13.2 Å². The Morgan fingerprint density at radius 2 is 1.58 bits per heavy atom. The molecule has 1 amide bonds. The number of aromatic hydroxyl groups is 1. The summed E-state index contributed by atoms with van der Waals surface area (Å²) in [6, 6.07) is 4.23. The van der Waals surface area contributed by atoms with Gasteiger partial charge in [0.1, 0.15) is 5.75 Å². The van der Waals surface area contributed by atoms with Crippen LogP contribution in [0.25, 0.3) is 0 Å². The smallest absolute Gasteiger partial charge is 0.411 e. The minimum absolute atomic E-state index is 0.197. The maximum absolute atomic E-state index is 11.8. The van der Waals surface area contributed by atoms with E-state index in [2.05, 4.69) is 12.2 Å². The average Bonchev–Trinajstić information content (AvgIpc) is 2.62. The molecule has 0 aromatic heterocycles. The number of hydrogen-bond acceptors (Lipinski definition) is 5. The number of phenols is 1. The first-order chi connectivity index (χ1) is 12.6. The van der Waals surface area contributed by atoms with E-state index >= 15 is 0 Å². The van der Waals surface area contributed by atoms with Gasteiger partial charge in [-0.2, -0.15) is 0 Å². The van der Waals surface area contributed by atoms with Crippen LogP contribution in [0.3, 0.4) is 0 Å². The number of amides is 1. The molecule has 0 heterocycles. The standard InChI is InChI=1S/C20H31NO5/c1-3-5-7-8-9-10-14-26-20(24)21-17-12-11-16(15-18(17)22)19(23)25-13-6-4-2/h11-12,15,22H,3-10,13-14H2,1-2H3,(H,21,24). The first-order valence-electron chi connectivity index (χ1n) is 9.52. The fourth-order valence-corrected chi connectivity index (χ4v) is 2.35. The Bertz CT molecular complexity index is 559. The van der Waals surface area contributed by atoms with Gasteiger partial charge in [-0.05, 0) is 31.0 Å². The van der Waals surface area contributed by atoms with Crippen LogP contribution in [0.2, 0.25) is 0 Å². The van der Waals surface area contributed by atoms with Gasteiger partial charge in [-0.1, -0.05) is 52.4 Å². The van der Waals surface area contributed by atoms with Gasteiger partial charge < -0.3 is 14.6 Å². The topological polar surface area (TPSA) is 84.9 Å². The molecule has 1 aromatic rings. The Kier molecular flexibility index (Phi) is 10.9. The number of benzene rings is 1. The summed E-state index contributed by atoms with van der Waals surface area (Å²) in [7, 11) is 0. The van der Waals surface area contributed by atoms with Gasteiger partial charge in [0.15, 0.2) is 0 Å². The van der Waals surface area contributed by atoms with E-state index in [1.54, 1.807) is 0 Å². The summed E-state index contributed by atoms with van der Waals surface area (Å²) in [5.74, 6) is -0.697. The van der Waals surface area contributed by atoms with Gasteiger partial charge in [-0.25, -0.2) is 9.59 Å². The van der Waals surface area contributed by atoms with Crippen molar-refractivity contribution in [3.05, 3.63) is 23.8 Å². The fraction of sp³-hybridized carbons (Fsp3) is 0.600. The average molecular weight is 365 g/mol. The summed E-state index contributed by atoms with van der Waals surface area (Å²) in [5, 5.41) is 12.5. The molecule has 1 rings (SSSR count). The van der Waals surface area contributed by atoms with Crippen molar-refractivity contribution in [3.63, 3.8) is 0 Å². The van der Waals surface area contributed by atoms with E-state index in [1.165, 1.54) is 37.5 Å². The van der Waals surface area contributed by atoms with E-state index < -0.39 is 12.1 Å². The molecule has 0 radical (unpaired) electrons. The molecule has 0 bridgehead atoms. The predicted octanol–water partition coefficient (Wildman–Crippen LogP) is 5.26. The number of carbonyl (C=O) groups excluding carboxylic acids is 2. The van der Waals surface area contributed by atoms with Crippen molar-refractivity contribution in [1.29, 1.82) is 0 Å². The highest BCUT2D eigenvalue weighted by molar-refractivity contribution is 5.92. The summed E-state index contributed by atoms with van der Waals surface area (Å²) in [6.07, 6.45) is 7.77. The molecule has 146 valence electrons. The number of rotatable bonds is 12. The quantitative estimate of drug-likeness (QED) is 0.300. The van der Waals surface area contributed by atoms with Gasteiger partial charge in [0.25, 0.3) is 0 Å². The Hall–Kier alpha value is -2.24. The van der Waals surface area contributed by atoms with Crippen molar-refractivity contribution in [2.45, 2.75) is 65.2 Å². The van der Waals surface area contributed by atoms with Crippen molar-refractivity contribution in [3.8, 4) is 5.75 Å². The molecule has 0 fully saturated rings. The van der Waals surface area contributed by atoms with Crippen LogP contribution >= 0.6 is 0 Å². The van der Waals surface area contributed by atoms with Crippen molar-refractivity contribution in [2.24, 2.45) is 0 Å². The van der Waals surface area contributed by atoms with Crippen LogP contribution in [0.4, 0.5) is 10.5 Å². The highest BCUT2D eigenvalue weighted by Gasteiger charge is 2.12. The summed E-state index contributed by atoms with van der Waals surface area (Å²) in [5.41, 5.74) is 0.438. The van der Waals surface area contributed by atoms with Crippen molar-refractivity contribution < 1.29 is 24.2 Å². The largest absolute Gasteiger partial charge is 0.506 e. The molecule has 0 aliphatic rings. The SMILES string of the molecule is CCCCCCCCOC(=O)Nc1ccc(C(=O)OCCCC)cc1O. The Labute approximate surface area is 155 Å². The number of unbranched alkanes of at least 4 members (excludes halogenated alkanes) is 6. The molecule has 6 nitrogen and oxygen atoms in total. The van der Waals surface area contributed by atoms with E-state index in [-0.39, 0.29) is 17.0 Å². The number of hydrogen-bond donors (Lipinski definition) is 2. The molecule has 0 saturated heterocycles. The second-order valence-corrected chi connectivity index (χ2v) is 6.25. The fourth-order valence-electron chi connectivity index (χ4n) is 2.35. The van der Waals surface area contributed by atoms with Crippen LogP contribution in [0, 0.1) is 0 Å². The molecule has 0 saturated carbocycles. The molecule has 2 N–H and O–H groups in total. The van der Waals surface area contributed by atoms with E-state index in [1.807, 2.05) is 6.92 Å². The molecular formula is C20H31NO5. The zero-order chi connectivity index (χ0) is 19.2. The summed E-state index contributed by atoms with van der Waals surface area (Å²) in [6.45, 7) is 4.87. The highest BCUT2D eigenvalue weighted by atomic mass is 16.5. The van der Waals surface area contributed by atoms with Gasteiger partial charge >= 0.3 is 12.1 Å². The summed E-state index contributed by atoms with van der Waals surface area (Å²) < 4.78 is 10.2. The Morgan fingerprint density at radius 3 is 2.27 bits per heavy atom. The summed E-state index contributed by atoms with van der Waals surface area (Å²) in [4.78, 5) is 23.6. The van der Waals surface area contributed by atoms with E-state index in [0.717, 1.165) is 32.1 Å². The predicted molar refractivity (Wildman–Crippen MR) is 102 cm³/mol. The molecule has 1 aromatic carbocycles. The minimum atomic E-state index is -0.618. The molecule has 0 aliphatic carbocycles. The van der Waals surface area contributed by atoms with Gasteiger partial charge in [-0.15, -0.1) is 0 Å². The van der Waals surface area contributed by atoms with Crippen LogP contribution in [0.5, 0.6) is 5.75 Å². The zero-order valence-corrected chi connectivity index (χ0v) is 15.9. The Morgan fingerprint density at radius 1 is 0.923 bits per heavy atom. The third kappa shape index (κ3) is 8.74. The number of nitrogens with one attached hydrogen (secondary N) is 1. The lowest BCUT2D eigenvalue weighted by molar-refractivity contribution is 0.0499. The van der Waals surface area contributed by atoms with Gasteiger partial charge in [0.05, 0.1) is 24.5 Å². The third-order valence-electron chi connectivity index (χ3n) is 3.93. The summed E-state index contributed by atoms with van der Waals surface area (Å²) >= 11 is 0. The second kappa shape index (κ2) is 13.0. The van der Waals surface area contributed by atoms with Crippen LogP contribution in [-0.4, -0.2) is 30.4 Å². The zero-order valence-electron chi connectivity index (χ0n) is 15.9. The monoisotopic (exact) mass is 365 g/mol. The maximum atomic E-state index is 11.8. The molecule has 26 heavy (non-hydrogen) atoms. The van der Waals surface area contributed by atoms with Gasteiger partial charge in [-0.3, -0.25) is 5.32 Å². The van der Waals surface area contributed by atoms with Crippen LogP contribution < -0.4 is 5.32 Å². The molecule has 0 atom stereocenters. The van der Waals surface area contributed by atoms with Crippen LogP contribution in [0.1, 0.15) is 75.6 Å². The normalized spacial score (nSPS) is 10.4. The number of anilines is 1. The first-order valence-corrected chi connectivity index (χ1v) is 9.52. The third-order valence-corrected chi connectivity index (χ3v) is 3.93. The number of phenolic OH excluding ortho intramolecular Hbond substituents is 1. The molecule has 0 unspecified atom stereocenters. The second-order valence-electron chi connectivity index (χ2n) is 6.25. The van der Waals surface area contributed by atoms with Crippen LogP contribution in [-0.2, 0) is 9.47 Å². The lowest BCUT2D eigenvalue weighted by atomic mass is 10.1. The van der Waals surface area contributed by atoms with E-state index in [9.17, 15) is 14.7 Å².